The molecule has 9 heterocycles. The number of benzene rings is 3. The van der Waals surface area contributed by atoms with Crippen molar-refractivity contribution in [3.8, 4) is 0 Å². The van der Waals surface area contributed by atoms with E-state index in [1.807, 2.05) is 79.5 Å². The van der Waals surface area contributed by atoms with Gasteiger partial charge >= 0.3 is 12.2 Å². The third-order valence-corrected chi connectivity index (χ3v) is 17.3. The number of likely N-dealkylation sites (tertiary alicyclic amines) is 1. The molecule has 7 N–H and O–H groups in total. The first-order chi connectivity index (χ1) is 42.4. The van der Waals surface area contributed by atoms with Crippen LogP contribution in [0.25, 0.3) is 39.1 Å². The van der Waals surface area contributed by atoms with E-state index < -0.39 is 11.2 Å². The van der Waals surface area contributed by atoms with Crippen molar-refractivity contribution in [3.63, 3.8) is 0 Å². The van der Waals surface area contributed by atoms with Gasteiger partial charge in [-0.25, -0.2) is 39.5 Å². The Balaban J connectivity index is 0.000000160. The zero-order valence-electron chi connectivity index (χ0n) is 50.3. The number of H-pyrrole nitrogens is 3. The maximum Gasteiger partial charge on any atom is 0.410 e. The fourth-order valence-electron chi connectivity index (χ4n) is 10.6. The summed E-state index contributed by atoms with van der Waals surface area (Å²) in [6.45, 7) is 16.5. The molecule has 0 bridgehead atoms. The van der Waals surface area contributed by atoms with Crippen molar-refractivity contribution in [2.24, 2.45) is 0 Å². The zero-order valence-corrected chi connectivity index (χ0v) is 55.6. The standard InChI is InChI=1S/C22H26Cl2N6O2.C22H24Cl2N6O2.C17H18Cl2N6.ClH/c2*1-22(2,3)32-21(31)29-9-7-13(8-10-29)19-27-17-18(25)26-12-30(20(17)28-19)11-14-15(23)5-4-6-16(14)24;18-12-2-1-3-13(19)11(12)8-25-9-22-15(20)14-17(25)24-16(23-14)10-4-6-21-7-5-10;/h4-6,12-13,25H,7-11H2,1-3H3,(H,27,28);4-7,12,25H,8-11H2,1-3H3,(H,27,28);1-3,9-10,20-21H,4-8H2,(H,23,24);1H. The number of imidazole rings is 3. The van der Waals surface area contributed by atoms with E-state index in [0.717, 1.165) is 72.7 Å². The number of rotatable bonds is 9. The van der Waals surface area contributed by atoms with E-state index in [0.29, 0.717) is 128 Å². The maximum atomic E-state index is 12.3. The summed E-state index contributed by atoms with van der Waals surface area (Å²) in [7, 11) is 0. The molecule has 2 amide bonds. The number of nitrogens with zero attached hydrogens (tertiary/aromatic N) is 11. The number of fused-ring (bicyclic) bond motifs is 3. The van der Waals surface area contributed by atoms with Gasteiger partial charge in [0.2, 0.25) is 0 Å². The Hall–Kier alpha value is -7.02. The molecule has 2 fully saturated rings. The first kappa shape index (κ1) is 67.4. The minimum absolute atomic E-state index is 0. The Kier molecular flexibility index (Phi) is 21.4. The quantitative estimate of drug-likeness (QED) is 0.0713. The van der Waals surface area contributed by atoms with Gasteiger partial charge in [-0.1, -0.05) is 93.9 Å². The number of halogens is 7. The highest BCUT2D eigenvalue weighted by Crippen LogP contribution is 2.32. The minimum Gasteiger partial charge on any atom is -0.444 e. The number of piperidine rings is 2. The number of carbonyl (C=O) groups is 2. The first-order valence-corrected chi connectivity index (χ1v) is 31.3. The third-order valence-electron chi connectivity index (χ3n) is 15.2. The second-order valence-corrected chi connectivity index (χ2v) is 26.3. The van der Waals surface area contributed by atoms with E-state index in [1.54, 1.807) is 65.2 Å². The van der Waals surface area contributed by atoms with E-state index in [1.165, 1.54) is 0 Å². The summed E-state index contributed by atoms with van der Waals surface area (Å²) in [6.07, 6.45) is 10.3. The van der Waals surface area contributed by atoms with E-state index in [2.05, 4.69) is 35.2 Å². The van der Waals surface area contributed by atoms with Crippen molar-refractivity contribution < 1.29 is 19.1 Å². The summed E-state index contributed by atoms with van der Waals surface area (Å²) < 4.78 is 16.5. The summed E-state index contributed by atoms with van der Waals surface area (Å²) in [5.74, 6) is 2.91. The number of ether oxygens (including phenoxy) is 2. The highest BCUT2D eigenvalue weighted by molar-refractivity contribution is 6.37. The van der Waals surface area contributed by atoms with Crippen LogP contribution in [0.15, 0.2) is 79.7 Å². The second-order valence-electron chi connectivity index (χ2n) is 23.9. The Morgan fingerprint density at radius 3 is 1.28 bits per heavy atom. The highest BCUT2D eigenvalue weighted by atomic mass is 35.5. The van der Waals surface area contributed by atoms with Crippen molar-refractivity contribution in [2.45, 2.75) is 116 Å². The monoisotopic (exact) mass is 1360 g/mol. The molecule has 0 aliphatic carbocycles. The molecule has 0 spiro atoms. The molecule has 9 aromatic rings. The van der Waals surface area contributed by atoms with Gasteiger partial charge in [0, 0.05) is 84.8 Å². The summed E-state index contributed by atoms with van der Waals surface area (Å²) in [6, 6.07) is 16.2. The predicted molar refractivity (Wildman–Crippen MR) is 352 cm³/mol. The van der Waals surface area contributed by atoms with Crippen LogP contribution in [0.3, 0.4) is 0 Å². The Morgan fingerprint density at radius 2 is 0.900 bits per heavy atom. The van der Waals surface area contributed by atoms with Gasteiger partial charge in [-0.2, -0.15) is 0 Å². The molecule has 22 nitrogen and oxygen atoms in total. The molecule has 0 saturated carbocycles. The number of aromatic amines is 3. The van der Waals surface area contributed by atoms with Crippen molar-refractivity contribution in [1.82, 2.24) is 73.7 Å². The summed E-state index contributed by atoms with van der Waals surface area (Å²) in [5.41, 5.74) is 6.40. The molecule has 0 atom stereocenters. The highest BCUT2D eigenvalue weighted by Gasteiger charge is 2.30. The van der Waals surface area contributed by atoms with Gasteiger partial charge in [0.1, 0.15) is 45.2 Å². The molecule has 6 aromatic heterocycles. The minimum atomic E-state index is -0.532. The average Bonchev–Trinajstić information content (AvgIpc) is 1.65. The fourth-order valence-corrected chi connectivity index (χ4v) is 12.1. The largest absolute Gasteiger partial charge is 0.444 e. The van der Waals surface area contributed by atoms with E-state index in [4.69, 9.17) is 110 Å². The lowest BCUT2D eigenvalue weighted by Crippen LogP contribution is -2.41. The predicted octanol–water partition coefficient (Wildman–Crippen LogP) is 12.8. The van der Waals surface area contributed by atoms with Crippen LogP contribution in [-0.4, -0.2) is 131 Å². The van der Waals surface area contributed by atoms with Crippen LogP contribution < -0.4 is 21.8 Å². The van der Waals surface area contributed by atoms with Crippen LogP contribution in [0.4, 0.5) is 9.59 Å². The van der Waals surface area contributed by atoms with Gasteiger partial charge in [0.25, 0.3) is 0 Å². The van der Waals surface area contributed by atoms with Gasteiger partial charge in [0.05, 0.1) is 38.6 Å². The van der Waals surface area contributed by atoms with Crippen LogP contribution in [0.5, 0.6) is 0 Å². The molecule has 0 radical (unpaired) electrons. The third kappa shape index (κ3) is 16.0. The Bertz CT molecular complexity index is 4260. The van der Waals surface area contributed by atoms with E-state index in [-0.39, 0.29) is 47.0 Å². The molecule has 0 unspecified atom stereocenters. The summed E-state index contributed by atoms with van der Waals surface area (Å²) in [5, 5.41) is 31.3. The zero-order chi connectivity index (χ0) is 63.5. The lowest BCUT2D eigenvalue weighted by atomic mass is 9.96. The smallest absolute Gasteiger partial charge is 0.410 e. The molecule has 3 aliphatic heterocycles. The number of nitrogens with one attached hydrogen (secondary N) is 7. The molecule has 29 heteroatoms. The Labute approximate surface area is 554 Å². The van der Waals surface area contributed by atoms with Crippen LogP contribution >= 0.6 is 82.0 Å². The van der Waals surface area contributed by atoms with Crippen LogP contribution in [-0.2, 0) is 29.1 Å². The van der Waals surface area contributed by atoms with Crippen molar-refractivity contribution in [3.05, 3.63) is 160 Å². The van der Waals surface area contributed by atoms with Gasteiger partial charge < -0.3 is 53.2 Å². The van der Waals surface area contributed by atoms with Crippen LogP contribution in [0, 0.1) is 16.2 Å². The van der Waals surface area contributed by atoms with Crippen molar-refractivity contribution in [1.29, 1.82) is 16.2 Å². The summed E-state index contributed by atoms with van der Waals surface area (Å²) >= 11 is 37.9. The number of aromatic nitrogens is 12. The van der Waals surface area contributed by atoms with Gasteiger partial charge in [0.15, 0.2) is 33.4 Å². The maximum absolute atomic E-state index is 12.3. The summed E-state index contributed by atoms with van der Waals surface area (Å²) in [4.78, 5) is 64.8. The van der Waals surface area contributed by atoms with E-state index in [9.17, 15) is 9.59 Å². The number of carbonyl (C=O) groups excluding carboxylic acids is 2. The average molecular weight is 1370 g/mol. The number of hydrogen-bond donors (Lipinski definition) is 7. The van der Waals surface area contributed by atoms with E-state index >= 15 is 0 Å². The topological polar surface area (TPSA) is 282 Å². The fraction of sp³-hybridized carbons (Fsp3) is 0.393. The van der Waals surface area contributed by atoms with Gasteiger partial charge in [-0.05, 0) is 129 Å². The van der Waals surface area contributed by atoms with Crippen molar-refractivity contribution >= 4 is 133 Å². The Morgan fingerprint density at radius 1 is 0.533 bits per heavy atom. The molecular formula is C61H69Cl7N18O4. The number of amides is 2. The molecule has 12 rings (SSSR count). The van der Waals surface area contributed by atoms with Crippen LogP contribution in [0.2, 0.25) is 30.1 Å². The molecule has 2 saturated heterocycles. The van der Waals surface area contributed by atoms with Gasteiger partial charge in [-0.3, -0.25) is 16.2 Å². The van der Waals surface area contributed by atoms with Gasteiger partial charge in [-0.15, -0.1) is 12.4 Å². The lowest BCUT2D eigenvalue weighted by Gasteiger charge is -2.32. The normalized spacial score (nSPS) is 15.0. The lowest BCUT2D eigenvalue weighted by molar-refractivity contribution is 0.0201. The molecular weight excluding hydrogens is 1300 g/mol. The molecule has 3 aromatic carbocycles. The molecule has 3 aliphatic rings. The molecule has 90 heavy (non-hydrogen) atoms. The number of hydrogen-bond acceptors (Lipinski definition) is 14. The van der Waals surface area contributed by atoms with Crippen LogP contribution in [0.1, 0.15) is 120 Å². The van der Waals surface area contributed by atoms with Crippen molar-refractivity contribution in [2.75, 3.05) is 39.3 Å². The first-order valence-electron chi connectivity index (χ1n) is 29.0. The second kappa shape index (κ2) is 28.7. The SMILES string of the molecule is CC(C)(C)OC(=O)N1CC=C(c2nc3c([nH]2)c(=N)ncn3Cc2c(Cl)cccc2Cl)CC1.CC(C)(C)OC(=O)N1CCC(c2nc3c([nH]2)c(=N)ncn3Cc2c(Cl)cccc2Cl)CC1.Cl.N=c1ncn(Cc2c(Cl)cccc2Cl)c2nc(C3CCNCC3)[nH]c12. The molecule has 476 valence electrons.